The first-order valence-corrected chi connectivity index (χ1v) is 8.15. The van der Waals surface area contributed by atoms with Gasteiger partial charge in [0.25, 0.3) is 0 Å². The van der Waals surface area contributed by atoms with E-state index in [2.05, 4.69) is 27.9 Å². The van der Waals surface area contributed by atoms with Crippen molar-refractivity contribution in [1.29, 1.82) is 0 Å². The number of imidazole rings is 1. The average molecular weight is 315 g/mol. The summed E-state index contributed by atoms with van der Waals surface area (Å²) in [5, 5.41) is 0. The number of H-pyrrole nitrogens is 1. The first-order valence-electron chi connectivity index (χ1n) is 8.15. The lowest BCUT2D eigenvalue weighted by molar-refractivity contribution is -0.0912. The molecule has 1 aliphatic heterocycles. The number of hydrogen-bond donors (Lipinski definition) is 1. The number of benzene rings is 1. The van der Waals surface area contributed by atoms with Crippen LogP contribution in [0.4, 0.5) is 0 Å². The average Bonchev–Trinajstić information content (AvgIpc) is 3.07. The van der Waals surface area contributed by atoms with Crippen LogP contribution in [0.1, 0.15) is 24.2 Å². The van der Waals surface area contributed by atoms with Crippen molar-refractivity contribution < 1.29 is 9.47 Å². The molecular formula is C18H25N3O2. The molecule has 1 fully saturated rings. The number of hydrogen-bond acceptors (Lipinski definition) is 4. The maximum Gasteiger partial charge on any atom is 0.122 e. The van der Waals surface area contributed by atoms with Gasteiger partial charge in [0.15, 0.2) is 0 Å². The Kier molecular flexibility index (Phi) is 4.98. The van der Waals surface area contributed by atoms with Gasteiger partial charge in [-0.1, -0.05) is 18.2 Å². The van der Waals surface area contributed by atoms with E-state index in [-0.39, 0.29) is 5.60 Å². The van der Waals surface area contributed by atoms with Gasteiger partial charge in [0.05, 0.1) is 6.54 Å². The summed E-state index contributed by atoms with van der Waals surface area (Å²) in [6, 6.07) is 8.12. The second kappa shape index (κ2) is 7.15. The van der Waals surface area contributed by atoms with Crippen molar-refractivity contribution in [2.24, 2.45) is 0 Å². The molecule has 1 aromatic heterocycles. The monoisotopic (exact) mass is 315 g/mol. The van der Waals surface area contributed by atoms with Gasteiger partial charge >= 0.3 is 0 Å². The molecule has 0 bridgehead atoms. The number of aromatic amines is 1. The Hall–Kier alpha value is -1.85. The summed E-state index contributed by atoms with van der Waals surface area (Å²) in [5.41, 5.74) is 0.898. The minimum Gasteiger partial charge on any atom is -0.490 e. The van der Waals surface area contributed by atoms with Gasteiger partial charge in [-0.25, -0.2) is 4.98 Å². The molecule has 0 radical (unpaired) electrons. The van der Waals surface area contributed by atoms with Crippen LogP contribution in [-0.4, -0.2) is 47.3 Å². The highest BCUT2D eigenvalue weighted by molar-refractivity contribution is 5.31. The molecule has 0 aliphatic carbocycles. The van der Waals surface area contributed by atoms with E-state index in [0.29, 0.717) is 6.61 Å². The Labute approximate surface area is 137 Å². The van der Waals surface area contributed by atoms with Crippen LogP contribution < -0.4 is 4.74 Å². The van der Waals surface area contributed by atoms with E-state index in [1.165, 1.54) is 0 Å². The number of methoxy groups -OCH3 is 1. The molecule has 1 aromatic carbocycles. The summed E-state index contributed by atoms with van der Waals surface area (Å²) in [6.07, 6.45) is 5.78. The number of aryl methyl sites for hydroxylation is 1. The number of likely N-dealkylation sites (tertiary alicyclic amines) is 1. The Morgan fingerprint density at radius 1 is 1.35 bits per heavy atom. The number of para-hydroxylation sites is 1. The van der Waals surface area contributed by atoms with Gasteiger partial charge in [-0.3, -0.25) is 4.90 Å². The molecule has 0 saturated carbocycles. The van der Waals surface area contributed by atoms with Crippen LogP contribution in [0.5, 0.6) is 5.75 Å². The lowest BCUT2D eigenvalue weighted by atomic mass is 9.93. The molecule has 0 unspecified atom stereocenters. The first-order chi connectivity index (χ1) is 11.2. The number of piperidine rings is 1. The number of nitrogens with zero attached hydrogens (tertiary/aromatic N) is 2. The molecule has 1 saturated heterocycles. The second-order valence-corrected chi connectivity index (χ2v) is 6.29. The van der Waals surface area contributed by atoms with Crippen molar-refractivity contribution in [2.75, 3.05) is 26.8 Å². The highest BCUT2D eigenvalue weighted by Gasteiger charge is 2.36. The van der Waals surface area contributed by atoms with Crippen molar-refractivity contribution in [3.63, 3.8) is 0 Å². The van der Waals surface area contributed by atoms with E-state index >= 15 is 0 Å². The summed E-state index contributed by atoms with van der Waals surface area (Å²) in [6.45, 7) is 5.39. The maximum atomic E-state index is 6.08. The molecule has 1 atom stereocenters. The highest BCUT2D eigenvalue weighted by Crippen LogP contribution is 2.27. The van der Waals surface area contributed by atoms with Crippen LogP contribution in [0.25, 0.3) is 0 Å². The van der Waals surface area contributed by atoms with Gasteiger partial charge in [-0.05, 0) is 37.9 Å². The standard InChI is InChI=1S/C18H25N3O2/c1-15-6-3-4-7-16(15)23-14-18(22-2)8-5-11-21(13-18)12-17-19-9-10-20-17/h3-4,6-7,9-10H,5,8,11-14H2,1-2H3,(H,19,20)/t18-/m0/s1. The lowest BCUT2D eigenvalue weighted by Crippen LogP contribution is -2.52. The zero-order valence-corrected chi connectivity index (χ0v) is 13.9. The summed E-state index contributed by atoms with van der Waals surface area (Å²) >= 11 is 0. The number of rotatable bonds is 6. The van der Waals surface area contributed by atoms with Crippen LogP contribution in [0.2, 0.25) is 0 Å². The van der Waals surface area contributed by atoms with Crippen molar-refractivity contribution >= 4 is 0 Å². The fraction of sp³-hybridized carbons (Fsp3) is 0.500. The van der Waals surface area contributed by atoms with E-state index in [4.69, 9.17) is 9.47 Å². The quantitative estimate of drug-likeness (QED) is 0.890. The van der Waals surface area contributed by atoms with Crippen LogP contribution in [0.3, 0.4) is 0 Å². The number of aromatic nitrogens is 2. The normalized spacial score (nSPS) is 22.2. The van der Waals surface area contributed by atoms with Gasteiger partial charge in [-0.2, -0.15) is 0 Å². The predicted octanol–water partition coefficient (Wildman–Crippen LogP) is 2.78. The number of ether oxygens (including phenoxy) is 2. The molecular weight excluding hydrogens is 290 g/mol. The van der Waals surface area contributed by atoms with Crippen molar-refractivity contribution in [3.8, 4) is 5.75 Å². The Morgan fingerprint density at radius 2 is 2.22 bits per heavy atom. The summed E-state index contributed by atoms with van der Waals surface area (Å²) in [4.78, 5) is 9.87. The van der Waals surface area contributed by atoms with Gasteiger partial charge < -0.3 is 14.5 Å². The van der Waals surface area contributed by atoms with Crippen LogP contribution >= 0.6 is 0 Å². The maximum absolute atomic E-state index is 6.08. The van der Waals surface area contributed by atoms with Crippen molar-refractivity contribution in [3.05, 3.63) is 48.0 Å². The van der Waals surface area contributed by atoms with Gasteiger partial charge in [0.2, 0.25) is 0 Å². The topological polar surface area (TPSA) is 50.4 Å². The van der Waals surface area contributed by atoms with Crippen LogP contribution in [-0.2, 0) is 11.3 Å². The zero-order chi connectivity index (χ0) is 16.1. The summed E-state index contributed by atoms with van der Waals surface area (Å²) < 4.78 is 12.0. The smallest absolute Gasteiger partial charge is 0.122 e. The second-order valence-electron chi connectivity index (χ2n) is 6.29. The molecule has 3 rings (SSSR count). The minimum absolute atomic E-state index is 0.257. The molecule has 124 valence electrons. The molecule has 2 heterocycles. The van der Waals surface area contributed by atoms with Crippen LogP contribution in [0, 0.1) is 6.92 Å². The molecule has 0 amide bonds. The zero-order valence-electron chi connectivity index (χ0n) is 13.9. The molecule has 5 heteroatoms. The third-order valence-electron chi connectivity index (χ3n) is 4.56. The van der Waals surface area contributed by atoms with E-state index < -0.39 is 0 Å². The SMILES string of the molecule is CO[C@@]1(COc2ccccc2C)CCCN(Cc2ncc[nH]2)C1. The molecule has 5 nitrogen and oxygen atoms in total. The van der Waals surface area contributed by atoms with E-state index in [9.17, 15) is 0 Å². The van der Waals surface area contributed by atoms with Gasteiger partial charge in [0, 0.05) is 26.0 Å². The fourth-order valence-electron chi connectivity index (χ4n) is 3.19. The Bertz CT molecular complexity index is 614. The third-order valence-corrected chi connectivity index (χ3v) is 4.56. The van der Waals surface area contributed by atoms with Crippen LogP contribution in [0.15, 0.2) is 36.7 Å². The van der Waals surface area contributed by atoms with E-state index in [1.807, 2.05) is 24.4 Å². The molecule has 0 spiro atoms. The minimum atomic E-state index is -0.257. The molecule has 1 aliphatic rings. The van der Waals surface area contributed by atoms with E-state index in [1.54, 1.807) is 13.3 Å². The van der Waals surface area contributed by atoms with Crippen molar-refractivity contribution in [2.45, 2.75) is 31.9 Å². The largest absolute Gasteiger partial charge is 0.490 e. The van der Waals surface area contributed by atoms with Gasteiger partial charge in [0.1, 0.15) is 23.8 Å². The summed E-state index contributed by atoms with van der Waals surface area (Å²) in [7, 11) is 1.79. The highest BCUT2D eigenvalue weighted by atomic mass is 16.5. The molecule has 23 heavy (non-hydrogen) atoms. The lowest BCUT2D eigenvalue weighted by Gasteiger charge is -2.41. The fourth-order valence-corrected chi connectivity index (χ4v) is 3.19. The molecule has 1 N–H and O–H groups in total. The molecule has 2 aromatic rings. The van der Waals surface area contributed by atoms with E-state index in [0.717, 1.165) is 49.6 Å². The first kappa shape index (κ1) is 16.0. The van der Waals surface area contributed by atoms with Gasteiger partial charge in [-0.15, -0.1) is 0 Å². The Morgan fingerprint density at radius 3 is 2.96 bits per heavy atom. The number of nitrogens with one attached hydrogen (secondary N) is 1. The Balaban J connectivity index is 1.63. The predicted molar refractivity (Wildman–Crippen MR) is 89.5 cm³/mol. The summed E-state index contributed by atoms with van der Waals surface area (Å²) in [5.74, 6) is 1.93. The third kappa shape index (κ3) is 3.92. The van der Waals surface area contributed by atoms with Crippen molar-refractivity contribution in [1.82, 2.24) is 14.9 Å².